The van der Waals surface area contributed by atoms with Crippen molar-refractivity contribution in [1.29, 1.82) is 0 Å². The number of imidazole rings is 1. The first kappa shape index (κ1) is 16.7. The fraction of sp³-hybridized carbons (Fsp3) is 0.714. The van der Waals surface area contributed by atoms with Crippen LogP contribution in [-0.4, -0.2) is 41.8 Å². The van der Waals surface area contributed by atoms with E-state index in [0.29, 0.717) is 19.1 Å². The van der Waals surface area contributed by atoms with Gasteiger partial charge in [-0.05, 0) is 19.4 Å². The summed E-state index contributed by atoms with van der Waals surface area (Å²) in [7, 11) is 1.62. The standard InChI is InChI=1S/C14H26N4O2/c1-11(2)7-15-8-13-16-5-6-18(13)9-14(19)17-12(3)10-20-4/h5-6,11-12,15H,7-10H2,1-4H3,(H,17,19). The number of carbonyl (C=O) groups excluding carboxylic acids is 1. The Morgan fingerprint density at radius 1 is 1.45 bits per heavy atom. The molecule has 0 aliphatic carbocycles. The lowest BCUT2D eigenvalue weighted by atomic mass is 10.2. The van der Waals surface area contributed by atoms with E-state index in [1.165, 1.54) is 0 Å². The zero-order valence-corrected chi connectivity index (χ0v) is 12.8. The van der Waals surface area contributed by atoms with Crippen LogP contribution in [0, 0.1) is 5.92 Å². The van der Waals surface area contributed by atoms with E-state index in [0.717, 1.165) is 12.4 Å². The van der Waals surface area contributed by atoms with E-state index in [9.17, 15) is 4.79 Å². The molecule has 0 bridgehead atoms. The smallest absolute Gasteiger partial charge is 0.240 e. The van der Waals surface area contributed by atoms with E-state index < -0.39 is 0 Å². The molecule has 0 saturated heterocycles. The minimum atomic E-state index is -0.0299. The van der Waals surface area contributed by atoms with Crippen LogP contribution in [0.1, 0.15) is 26.6 Å². The first-order valence-electron chi connectivity index (χ1n) is 7.02. The van der Waals surface area contributed by atoms with Crippen molar-refractivity contribution in [1.82, 2.24) is 20.2 Å². The molecule has 2 N–H and O–H groups in total. The third-order valence-corrected chi connectivity index (χ3v) is 2.78. The third-order valence-electron chi connectivity index (χ3n) is 2.78. The van der Waals surface area contributed by atoms with E-state index in [-0.39, 0.29) is 18.5 Å². The van der Waals surface area contributed by atoms with Gasteiger partial charge < -0.3 is 19.9 Å². The summed E-state index contributed by atoms with van der Waals surface area (Å²) < 4.78 is 6.86. The monoisotopic (exact) mass is 282 g/mol. The van der Waals surface area contributed by atoms with Crippen molar-refractivity contribution < 1.29 is 9.53 Å². The van der Waals surface area contributed by atoms with Crippen LogP contribution in [0.25, 0.3) is 0 Å². The molecular formula is C14H26N4O2. The van der Waals surface area contributed by atoms with Crippen molar-refractivity contribution in [2.24, 2.45) is 5.92 Å². The molecule has 0 aliphatic rings. The molecule has 0 fully saturated rings. The van der Waals surface area contributed by atoms with Crippen molar-refractivity contribution in [3.05, 3.63) is 18.2 Å². The molecule has 0 radical (unpaired) electrons. The Morgan fingerprint density at radius 3 is 2.85 bits per heavy atom. The van der Waals surface area contributed by atoms with Crippen LogP contribution in [-0.2, 0) is 22.6 Å². The second-order valence-corrected chi connectivity index (χ2v) is 5.42. The van der Waals surface area contributed by atoms with E-state index >= 15 is 0 Å². The van der Waals surface area contributed by atoms with Gasteiger partial charge in [-0.3, -0.25) is 4.79 Å². The molecule has 0 saturated carbocycles. The van der Waals surface area contributed by atoms with E-state index in [1.807, 2.05) is 17.7 Å². The minimum absolute atomic E-state index is 0.0125. The SMILES string of the molecule is COCC(C)NC(=O)Cn1ccnc1CNCC(C)C. The van der Waals surface area contributed by atoms with Gasteiger partial charge in [0.2, 0.25) is 5.91 Å². The molecule has 1 aromatic heterocycles. The molecule has 1 atom stereocenters. The number of hydrogen-bond donors (Lipinski definition) is 2. The molecule has 6 nitrogen and oxygen atoms in total. The fourth-order valence-corrected chi connectivity index (χ4v) is 1.89. The molecule has 1 unspecified atom stereocenters. The van der Waals surface area contributed by atoms with Gasteiger partial charge in [0.05, 0.1) is 13.2 Å². The first-order chi connectivity index (χ1) is 9.52. The van der Waals surface area contributed by atoms with Crippen LogP contribution in [0.2, 0.25) is 0 Å². The summed E-state index contributed by atoms with van der Waals surface area (Å²) in [5.74, 6) is 1.44. The van der Waals surface area contributed by atoms with Crippen LogP contribution in [0.5, 0.6) is 0 Å². The minimum Gasteiger partial charge on any atom is -0.383 e. The highest BCUT2D eigenvalue weighted by Crippen LogP contribution is 1.98. The summed E-state index contributed by atoms with van der Waals surface area (Å²) in [6.07, 6.45) is 3.55. The van der Waals surface area contributed by atoms with Gasteiger partial charge in [-0.1, -0.05) is 13.8 Å². The van der Waals surface area contributed by atoms with Gasteiger partial charge in [0.1, 0.15) is 12.4 Å². The highest BCUT2D eigenvalue weighted by atomic mass is 16.5. The zero-order chi connectivity index (χ0) is 15.0. The summed E-state index contributed by atoms with van der Waals surface area (Å²) in [6.45, 7) is 8.63. The first-order valence-corrected chi connectivity index (χ1v) is 7.02. The Labute approximate surface area is 120 Å². The fourth-order valence-electron chi connectivity index (χ4n) is 1.89. The van der Waals surface area contributed by atoms with Crippen molar-refractivity contribution >= 4 is 5.91 Å². The van der Waals surface area contributed by atoms with Gasteiger partial charge in [-0.15, -0.1) is 0 Å². The van der Waals surface area contributed by atoms with Crippen LogP contribution < -0.4 is 10.6 Å². The summed E-state index contributed by atoms with van der Waals surface area (Å²) in [4.78, 5) is 16.2. The Morgan fingerprint density at radius 2 is 2.20 bits per heavy atom. The largest absolute Gasteiger partial charge is 0.383 e. The number of aromatic nitrogens is 2. The Hall–Kier alpha value is -1.40. The van der Waals surface area contributed by atoms with Crippen LogP contribution in [0.3, 0.4) is 0 Å². The normalized spacial score (nSPS) is 12.7. The van der Waals surface area contributed by atoms with Crippen molar-refractivity contribution in [3.8, 4) is 0 Å². The number of methoxy groups -OCH3 is 1. The Bertz CT molecular complexity index is 404. The summed E-state index contributed by atoms with van der Waals surface area (Å²) in [6, 6.07) is 0.0125. The van der Waals surface area contributed by atoms with Crippen molar-refractivity contribution in [2.75, 3.05) is 20.3 Å². The van der Waals surface area contributed by atoms with Gasteiger partial charge in [0, 0.05) is 25.5 Å². The van der Waals surface area contributed by atoms with Gasteiger partial charge in [-0.2, -0.15) is 0 Å². The van der Waals surface area contributed by atoms with Crippen LogP contribution in [0.15, 0.2) is 12.4 Å². The highest BCUT2D eigenvalue weighted by molar-refractivity contribution is 5.76. The average molecular weight is 282 g/mol. The predicted octanol–water partition coefficient (Wildman–Crippen LogP) is 0.780. The molecule has 20 heavy (non-hydrogen) atoms. The van der Waals surface area contributed by atoms with E-state index in [2.05, 4.69) is 29.5 Å². The van der Waals surface area contributed by atoms with Crippen molar-refractivity contribution in [3.63, 3.8) is 0 Å². The highest BCUT2D eigenvalue weighted by Gasteiger charge is 2.10. The maximum absolute atomic E-state index is 11.9. The summed E-state index contributed by atoms with van der Waals surface area (Å²) >= 11 is 0. The molecule has 6 heteroatoms. The Balaban J connectivity index is 2.43. The topological polar surface area (TPSA) is 68.2 Å². The van der Waals surface area contributed by atoms with Crippen LogP contribution >= 0.6 is 0 Å². The summed E-state index contributed by atoms with van der Waals surface area (Å²) in [5.41, 5.74) is 0. The van der Waals surface area contributed by atoms with E-state index in [4.69, 9.17) is 4.74 Å². The lowest BCUT2D eigenvalue weighted by Crippen LogP contribution is -2.38. The molecule has 0 spiro atoms. The van der Waals surface area contributed by atoms with Gasteiger partial charge >= 0.3 is 0 Å². The third kappa shape index (κ3) is 6.16. The maximum Gasteiger partial charge on any atom is 0.240 e. The maximum atomic E-state index is 11.9. The number of carbonyl (C=O) groups is 1. The molecule has 1 rings (SSSR count). The number of nitrogens with one attached hydrogen (secondary N) is 2. The van der Waals surface area contributed by atoms with Gasteiger partial charge in [0.15, 0.2) is 0 Å². The quantitative estimate of drug-likeness (QED) is 0.702. The Kier molecular flexibility index (Phi) is 7.25. The van der Waals surface area contributed by atoms with Crippen LogP contribution in [0.4, 0.5) is 0 Å². The van der Waals surface area contributed by atoms with Gasteiger partial charge in [-0.25, -0.2) is 4.98 Å². The number of rotatable bonds is 9. The van der Waals surface area contributed by atoms with Crippen molar-refractivity contribution in [2.45, 2.75) is 39.9 Å². The summed E-state index contributed by atoms with van der Waals surface area (Å²) in [5, 5.41) is 6.21. The van der Waals surface area contributed by atoms with Gasteiger partial charge in [0.25, 0.3) is 0 Å². The number of ether oxygens (including phenoxy) is 1. The molecule has 0 aromatic carbocycles. The predicted molar refractivity (Wildman–Crippen MR) is 78.3 cm³/mol. The molecule has 0 aliphatic heterocycles. The second-order valence-electron chi connectivity index (χ2n) is 5.42. The molecule has 1 aromatic rings. The molecule has 1 heterocycles. The lowest BCUT2D eigenvalue weighted by Gasteiger charge is -2.14. The molecule has 114 valence electrons. The van der Waals surface area contributed by atoms with E-state index in [1.54, 1.807) is 13.3 Å². The second kappa shape index (κ2) is 8.71. The average Bonchev–Trinajstić information content (AvgIpc) is 2.76. The number of hydrogen-bond acceptors (Lipinski definition) is 4. The molecular weight excluding hydrogens is 256 g/mol. The zero-order valence-electron chi connectivity index (χ0n) is 12.8. The number of nitrogens with zero attached hydrogens (tertiary/aromatic N) is 2. The number of amides is 1. The lowest BCUT2D eigenvalue weighted by molar-refractivity contribution is -0.122. The molecule has 1 amide bonds.